The molecule has 5 heteroatoms. The second-order valence-electron chi connectivity index (χ2n) is 4.24. The Morgan fingerprint density at radius 1 is 1.53 bits per heavy atom. The van der Waals surface area contributed by atoms with Crippen molar-refractivity contribution in [1.82, 2.24) is 5.01 Å². The summed E-state index contributed by atoms with van der Waals surface area (Å²) < 4.78 is 0. The van der Waals surface area contributed by atoms with E-state index in [0.29, 0.717) is 5.76 Å². The number of hydrogen-bond donors (Lipinski definition) is 1. The van der Waals surface area contributed by atoms with Crippen molar-refractivity contribution in [3.63, 3.8) is 0 Å². The van der Waals surface area contributed by atoms with E-state index in [4.69, 9.17) is 0 Å². The molecule has 0 aromatic heterocycles. The highest BCUT2D eigenvalue weighted by Crippen LogP contribution is 2.13. The Bertz CT molecular complexity index is 432. The molecule has 0 fully saturated rings. The summed E-state index contributed by atoms with van der Waals surface area (Å²) >= 11 is 3.27. The van der Waals surface area contributed by atoms with Crippen LogP contribution in [0.3, 0.4) is 0 Å². The van der Waals surface area contributed by atoms with Crippen molar-refractivity contribution in [2.45, 2.75) is 26.7 Å². The van der Waals surface area contributed by atoms with E-state index < -0.39 is 0 Å². The molecule has 1 heterocycles. The van der Waals surface area contributed by atoms with Gasteiger partial charge < -0.3 is 5.11 Å². The van der Waals surface area contributed by atoms with Crippen molar-refractivity contribution < 1.29 is 5.11 Å². The van der Waals surface area contributed by atoms with Gasteiger partial charge in [-0.05, 0) is 42.5 Å². The van der Waals surface area contributed by atoms with Crippen LogP contribution in [0.25, 0.3) is 0 Å². The molecule has 0 atom stereocenters. The highest BCUT2D eigenvalue weighted by Gasteiger charge is 2.06. The molecule has 1 rings (SSSR count). The lowest BCUT2D eigenvalue weighted by Gasteiger charge is -2.19. The Morgan fingerprint density at radius 2 is 2.32 bits per heavy atom. The first-order chi connectivity index (χ1) is 9.15. The fraction of sp³-hybridized carbons (Fsp3) is 0.429. The molecule has 0 saturated heterocycles. The van der Waals surface area contributed by atoms with Crippen LogP contribution in [0.15, 0.2) is 56.7 Å². The standard InChI is InChI=1S/C14H20BrN3O/c1-3-14-8-11-18(17-16-14)10-7-13(6-9-15)5-4-12(2)19/h4-6,8-9,19H,3,7,10-11H2,1-2H3/b9-6+,12-4+,13-5+. The maximum atomic E-state index is 9.17. The summed E-state index contributed by atoms with van der Waals surface area (Å²) in [5.74, 6) is 0.300. The van der Waals surface area contributed by atoms with Gasteiger partial charge in [0.1, 0.15) is 0 Å². The molecule has 19 heavy (non-hydrogen) atoms. The van der Waals surface area contributed by atoms with Crippen LogP contribution in [-0.4, -0.2) is 23.2 Å². The van der Waals surface area contributed by atoms with Crippen LogP contribution in [0, 0.1) is 0 Å². The smallest absolute Gasteiger partial charge is 0.0891 e. The molecule has 0 aromatic carbocycles. The fourth-order valence-electron chi connectivity index (χ4n) is 1.55. The van der Waals surface area contributed by atoms with E-state index in [1.807, 2.05) is 22.1 Å². The predicted molar refractivity (Wildman–Crippen MR) is 82.0 cm³/mol. The molecule has 0 amide bonds. The average Bonchev–Trinajstić information content (AvgIpc) is 2.42. The first kappa shape index (κ1) is 15.7. The van der Waals surface area contributed by atoms with Gasteiger partial charge in [0.2, 0.25) is 0 Å². The predicted octanol–water partition coefficient (Wildman–Crippen LogP) is 4.65. The van der Waals surface area contributed by atoms with E-state index in [1.54, 1.807) is 13.0 Å². The zero-order chi connectivity index (χ0) is 14.1. The maximum Gasteiger partial charge on any atom is 0.0891 e. The summed E-state index contributed by atoms with van der Waals surface area (Å²) in [4.78, 5) is 1.81. The Balaban J connectivity index is 2.50. The molecular formula is C14H20BrN3O. The van der Waals surface area contributed by atoms with Gasteiger partial charge in [0.15, 0.2) is 0 Å². The van der Waals surface area contributed by atoms with Crippen LogP contribution in [0.5, 0.6) is 0 Å². The molecule has 1 aliphatic heterocycles. The van der Waals surface area contributed by atoms with Crippen molar-refractivity contribution in [1.29, 1.82) is 0 Å². The number of halogens is 1. The maximum absolute atomic E-state index is 9.17. The van der Waals surface area contributed by atoms with Crippen LogP contribution in [0.1, 0.15) is 26.7 Å². The van der Waals surface area contributed by atoms with Gasteiger partial charge in [-0.2, -0.15) is 0 Å². The van der Waals surface area contributed by atoms with Crippen LogP contribution in [0.4, 0.5) is 0 Å². The minimum atomic E-state index is 0.300. The van der Waals surface area contributed by atoms with Crippen LogP contribution in [0.2, 0.25) is 0 Å². The zero-order valence-corrected chi connectivity index (χ0v) is 13.0. The average molecular weight is 326 g/mol. The topological polar surface area (TPSA) is 48.2 Å². The van der Waals surface area contributed by atoms with Gasteiger partial charge in [0, 0.05) is 6.54 Å². The van der Waals surface area contributed by atoms with Crippen molar-refractivity contribution in [2.75, 3.05) is 13.1 Å². The third-order valence-corrected chi connectivity index (χ3v) is 2.94. The fourth-order valence-corrected chi connectivity index (χ4v) is 1.89. The molecule has 4 nitrogen and oxygen atoms in total. The van der Waals surface area contributed by atoms with Crippen LogP contribution < -0.4 is 0 Å². The normalized spacial score (nSPS) is 17.2. The van der Waals surface area contributed by atoms with Gasteiger partial charge in [0.25, 0.3) is 0 Å². The number of rotatable bonds is 6. The Kier molecular flexibility index (Phi) is 7.18. The van der Waals surface area contributed by atoms with E-state index in [2.05, 4.69) is 39.3 Å². The van der Waals surface area contributed by atoms with Gasteiger partial charge in [0.05, 0.1) is 18.0 Å². The largest absolute Gasteiger partial charge is 0.513 e. The van der Waals surface area contributed by atoms with E-state index >= 15 is 0 Å². The Morgan fingerprint density at radius 3 is 2.84 bits per heavy atom. The van der Waals surface area contributed by atoms with Crippen LogP contribution in [-0.2, 0) is 0 Å². The Hall–Kier alpha value is -1.36. The second kappa shape index (κ2) is 8.69. The lowest BCUT2D eigenvalue weighted by molar-refractivity contribution is 0.291. The van der Waals surface area contributed by atoms with Gasteiger partial charge in [-0.15, -0.1) is 5.11 Å². The van der Waals surface area contributed by atoms with Crippen molar-refractivity contribution in [2.24, 2.45) is 10.3 Å². The minimum Gasteiger partial charge on any atom is -0.513 e. The summed E-state index contributed by atoms with van der Waals surface area (Å²) in [7, 11) is 0. The molecule has 0 aliphatic carbocycles. The third kappa shape index (κ3) is 6.38. The number of aliphatic hydroxyl groups excluding tert-OH is 1. The summed E-state index contributed by atoms with van der Waals surface area (Å²) in [5, 5.41) is 19.4. The molecule has 104 valence electrons. The highest BCUT2D eigenvalue weighted by atomic mass is 79.9. The first-order valence-corrected chi connectivity index (χ1v) is 7.26. The second-order valence-corrected chi connectivity index (χ2v) is 4.77. The Labute approximate surface area is 123 Å². The molecular weight excluding hydrogens is 306 g/mol. The quantitative estimate of drug-likeness (QED) is 0.570. The summed E-state index contributed by atoms with van der Waals surface area (Å²) in [5.41, 5.74) is 2.16. The molecule has 1 N–H and O–H groups in total. The minimum absolute atomic E-state index is 0.300. The first-order valence-electron chi connectivity index (χ1n) is 6.34. The number of hydrogen-bond acceptors (Lipinski definition) is 4. The molecule has 1 aliphatic rings. The van der Waals surface area contributed by atoms with Gasteiger partial charge in [-0.25, -0.2) is 0 Å². The van der Waals surface area contributed by atoms with Crippen molar-refractivity contribution >= 4 is 15.9 Å². The van der Waals surface area contributed by atoms with E-state index in [0.717, 1.165) is 37.2 Å². The van der Waals surface area contributed by atoms with E-state index in [9.17, 15) is 5.11 Å². The summed E-state index contributed by atoms with van der Waals surface area (Å²) in [6.07, 6.45) is 9.44. The number of allylic oxidation sites excluding steroid dienone is 5. The monoisotopic (exact) mass is 325 g/mol. The van der Waals surface area contributed by atoms with E-state index in [-0.39, 0.29) is 0 Å². The number of nitrogens with zero attached hydrogens (tertiary/aromatic N) is 3. The lowest BCUT2D eigenvalue weighted by atomic mass is 10.1. The molecule has 0 bridgehead atoms. The highest BCUT2D eigenvalue weighted by molar-refractivity contribution is 9.11. The summed E-state index contributed by atoms with van der Waals surface area (Å²) in [6.45, 7) is 5.35. The SMILES string of the molecule is CCC1=CCN(CCC(=C/C=C(\C)O)/C=C/Br)N=N1. The van der Waals surface area contributed by atoms with E-state index in [1.165, 1.54) is 0 Å². The molecule has 0 radical (unpaired) electrons. The zero-order valence-electron chi connectivity index (χ0n) is 11.4. The lowest BCUT2D eigenvalue weighted by Crippen LogP contribution is -2.21. The van der Waals surface area contributed by atoms with Gasteiger partial charge >= 0.3 is 0 Å². The van der Waals surface area contributed by atoms with Gasteiger partial charge in [-0.1, -0.05) is 40.2 Å². The van der Waals surface area contributed by atoms with Crippen LogP contribution >= 0.6 is 15.9 Å². The number of aliphatic hydroxyl groups is 1. The van der Waals surface area contributed by atoms with Crippen molar-refractivity contribution in [3.05, 3.63) is 46.3 Å². The molecule has 0 aromatic rings. The molecule has 0 saturated carbocycles. The molecule has 0 unspecified atom stereocenters. The van der Waals surface area contributed by atoms with Gasteiger partial charge in [-0.3, -0.25) is 5.01 Å². The van der Waals surface area contributed by atoms with Crippen molar-refractivity contribution in [3.8, 4) is 0 Å². The molecule has 0 spiro atoms. The summed E-state index contributed by atoms with van der Waals surface area (Å²) in [6, 6.07) is 0. The third-order valence-electron chi connectivity index (χ3n) is 2.67.